The highest BCUT2D eigenvalue weighted by molar-refractivity contribution is 5.42. The molecule has 1 amide bonds. The molecule has 0 aliphatic rings. The van der Waals surface area contributed by atoms with Crippen molar-refractivity contribution < 1.29 is 4.79 Å². The largest absolute Gasteiger partial charge is 0.372 e. The standard InChI is InChI=1S/C5H13N.CH3NO/c1-4-6(3)5-2;2-1-3/h4-5H2,1-3H3;1H,(H2,2,3). The van der Waals surface area contributed by atoms with E-state index in [0.717, 1.165) is 13.1 Å². The van der Waals surface area contributed by atoms with Crippen molar-refractivity contribution in [2.75, 3.05) is 20.1 Å². The van der Waals surface area contributed by atoms with Gasteiger partial charge in [0, 0.05) is 0 Å². The zero-order valence-electron chi connectivity index (χ0n) is 6.42. The second kappa shape index (κ2) is 10.4. The number of rotatable bonds is 2. The van der Waals surface area contributed by atoms with Crippen LogP contribution in [0, 0.1) is 0 Å². The summed E-state index contributed by atoms with van der Waals surface area (Å²) in [7, 11) is 2.11. The van der Waals surface area contributed by atoms with Gasteiger partial charge in [0.05, 0.1) is 0 Å². The van der Waals surface area contributed by atoms with E-state index in [2.05, 4.69) is 31.5 Å². The van der Waals surface area contributed by atoms with Crippen molar-refractivity contribution in [2.45, 2.75) is 13.8 Å². The van der Waals surface area contributed by atoms with Crippen molar-refractivity contribution in [3.05, 3.63) is 0 Å². The quantitative estimate of drug-likeness (QED) is 0.540. The van der Waals surface area contributed by atoms with Crippen LogP contribution in [0.4, 0.5) is 0 Å². The Kier molecular flexibility index (Phi) is 13.0. The first-order chi connectivity index (χ1) is 4.22. The lowest BCUT2D eigenvalue weighted by atomic mass is 10.6. The van der Waals surface area contributed by atoms with Crippen LogP contribution in [-0.4, -0.2) is 31.4 Å². The van der Waals surface area contributed by atoms with Gasteiger partial charge in [-0.05, 0) is 20.1 Å². The highest BCUT2D eigenvalue weighted by atomic mass is 16.1. The second-order valence-electron chi connectivity index (χ2n) is 1.62. The Morgan fingerprint density at radius 1 is 1.44 bits per heavy atom. The Labute approximate surface area is 56.8 Å². The Morgan fingerprint density at radius 2 is 1.67 bits per heavy atom. The van der Waals surface area contributed by atoms with Crippen LogP contribution in [0.2, 0.25) is 0 Å². The maximum absolute atomic E-state index is 8.58. The fraction of sp³-hybridized carbons (Fsp3) is 0.833. The highest BCUT2D eigenvalue weighted by Gasteiger charge is 1.81. The van der Waals surface area contributed by atoms with E-state index in [-0.39, 0.29) is 6.41 Å². The molecule has 0 rings (SSSR count). The van der Waals surface area contributed by atoms with Crippen LogP contribution >= 0.6 is 0 Å². The summed E-state index contributed by atoms with van der Waals surface area (Å²) >= 11 is 0. The molecule has 0 radical (unpaired) electrons. The Hall–Kier alpha value is -0.570. The molecule has 0 aromatic rings. The van der Waals surface area contributed by atoms with Crippen molar-refractivity contribution in [3.63, 3.8) is 0 Å². The van der Waals surface area contributed by atoms with Crippen LogP contribution in [0.1, 0.15) is 13.8 Å². The maximum Gasteiger partial charge on any atom is 0.204 e. The van der Waals surface area contributed by atoms with Gasteiger partial charge >= 0.3 is 0 Å². The molecular weight excluding hydrogens is 116 g/mol. The third kappa shape index (κ3) is 18.6. The minimum Gasteiger partial charge on any atom is -0.372 e. The average Bonchev–Trinajstić information content (AvgIpc) is 1.88. The molecule has 0 fully saturated rings. The molecule has 0 aliphatic carbocycles. The zero-order valence-corrected chi connectivity index (χ0v) is 6.42. The Morgan fingerprint density at radius 3 is 1.67 bits per heavy atom. The molecule has 0 heterocycles. The smallest absolute Gasteiger partial charge is 0.204 e. The fourth-order valence-electron chi connectivity index (χ4n) is 0.224. The fourth-order valence-corrected chi connectivity index (χ4v) is 0.224. The van der Waals surface area contributed by atoms with Gasteiger partial charge in [-0.3, -0.25) is 4.79 Å². The number of nitrogens with two attached hydrogens (primary N) is 1. The first-order valence-corrected chi connectivity index (χ1v) is 3.06. The number of primary amides is 1. The normalized spacial score (nSPS) is 8.00. The molecule has 0 aromatic carbocycles. The topological polar surface area (TPSA) is 46.3 Å². The average molecular weight is 132 g/mol. The molecule has 2 N–H and O–H groups in total. The van der Waals surface area contributed by atoms with Crippen molar-refractivity contribution in [1.29, 1.82) is 0 Å². The van der Waals surface area contributed by atoms with Crippen molar-refractivity contribution in [1.82, 2.24) is 4.90 Å². The molecule has 0 aromatic heterocycles. The van der Waals surface area contributed by atoms with Crippen LogP contribution in [-0.2, 0) is 4.79 Å². The van der Waals surface area contributed by atoms with E-state index in [9.17, 15) is 0 Å². The summed E-state index contributed by atoms with van der Waals surface area (Å²) in [6.45, 7) is 6.64. The minimum atomic E-state index is 0.250. The van der Waals surface area contributed by atoms with Gasteiger partial charge in [-0.2, -0.15) is 0 Å². The molecule has 9 heavy (non-hydrogen) atoms. The molecule has 0 spiro atoms. The zero-order chi connectivity index (χ0) is 7.70. The predicted molar refractivity (Wildman–Crippen MR) is 39.1 cm³/mol. The molecule has 0 unspecified atom stereocenters. The summed E-state index contributed by atoms with van der Waals surface area (Å²) in [6, 6.07) is 0. The third-order valence-corrected chi connectivity index (χ3v) is 1.08. The lowest BCUT2D eigenvalue weighted by Crippen LogP contribution is -2.15. The van der Waals surface area contributed by atoms with Crippen molar-refractivity contribution >= 4 is 6.41 Å². The monoisotopic (exact) mass is 132 g/mol. The van der Waals surface area contributed by atoms with Crippen molar-refractivity contribution in [3.8, 4) is 0 Å². The van der Waals surface area contributed by atoms with Gasteiger partial charge in [0.2, 0.25) is 6.41 Å². The highest BCUT2D eigenvalue weighted by Crippen LogP contribution is 1.73. The number of amides is 1. The molecule has 0 aliphatic heterocycles. The molecular formula is C6H16N2O. The third-order valence-electron chi connectivity index (χ3n) is 1.08. The van der Waals surface area contributed by atoms with Gasteiger partial charge in [0.1, 0.15) is 0 Å². The molecule has 3 heteroatoms. The van der Waals surface area contributed by atoms with Crippen LogP contribution < -0.4 is 5.73 Å². The predicted octanol–water partition coefficient (Wildman–Crippen LogP) is 0.0595. The van der Waals surface area contributed by atoms with Gasteiger partial charge in [0.25, 0.3) is 0 Å². The summed E-state index contributed by atoms with van der Waals surface area (Å²) in [5, 5.41) is 0. The van der Waals surface area contributed by atoms with E-state index in [1.165, 1.54) is 0 Å². The summed E-state index contributed by atoms with van der Waals surface area (Å²) in [5.41, 5.74) is 4.17. The Balaban J connectivity index is 0. The van der Waals surface area contributed by atoms with E-state index in [0.29, 0.717) is 0 Å². The molecule has 3 nitrogen and oxygen atoms in total. The van der Waals surface area contributed by atoms with E-state index < -0.39 is 0 Å². The van der Waals surface area contributed by atoms with Gasteiger partial charge < -0.3 is 10.6 Å². The number of hydrogen-bond donors (Lipinski definition) is 1. The molecule has 0 saturated heterocycles. The number of carbonyl (C=O) groups is 1. The Bertz CT molecular complexity index is 53.0. The second-order valence-corrected chi connectivity index (χ2v) is 1.62. The van der Waals surface area contributed by atoms with Crippen LogP contribution in [0.15, 0.2) is 0 Å². The van der Waals surface area contributed by atoms with Crippen LogP contribution in [0.3, 0.4) is 0 Å². The molecule has 56 valence electrons. The maximum atomic E-state index is 8.58. The van der Waals surface area contributed by atoms with Crippen molar-refractivity contribution in [2.24, 2.45) is 5.73 Å². The molecule has 0 bridgehead atoms. The first kappa shape index (κ1) is 11.3. The summed E-state index contributed by atoms with van der Waals surface area (Å²) in [5.74, 6) is 0. The van der Waals surface area contributed by atoms with E-state index in [1.807, 2.05) is 0 Å². The summed E-state index contributed by atoms with van der Waals surface area (Å²) in [6.07, 6.45) is 0.250. The lowest BCUT2D eigenvalue weighted by Gasteiger charge is -2.07. The molecule has 0 saturated carbocycles. The van der Waals surface area contributed by atoms with E-state index in [4.69, 9.17) is 4.79 Å². The summed E-state index contributed by atoms with van der Waals surface area (Å²) in [4.78, 5) is 10.8. The van der Waals surface area contributed by atoms with Gasteiger partial charge in [-0.15, -0.1) is 0 Å². The number of carbonyl (C=O) groups excluding carboxylic acids is 1. The molecule has 0 atom stereocenters. The van der Waals surface area contributed by atoms with Crippen LogP contribution in [0.5, 0.6) is 0 Å². The van der Waals surface area contributed by atoms with Crippen LogP contribution in [0.25, 0.3) is 0 Å². The minimum absolute atomic E-state index is 0.250. The SMILES string of the molecule is CCN(C)CC.NC=O. The lowest BCUT2D eigenvalue weighted by molar-refractivity contribution is -0.106. The first-order valence-electron chi connectivity index (χ1n) is 3.06. The van der Waals surface area contributed by atoms with E-state index in [1.54, 1.807) is 0 Å². The number of hydrogen-bond acceptors (Lipinski definition) is 2. The van der Waals surface area contributed by atoms with Gasteiger partial charge in [-0.1, -0.05) is 13.8 Å². The van der Waals surface area contributed by atoms with Gasteiger partial charge in [-0.25, -0.2) is 0 Å². The van der Waals surface area contributed by atoms with E-state index >= 15 is 0 Å². The summed E-state index contributed by atoms with van der Waals surface area (Å²) < 4.78 is 0. The number of nitrogens with zero attached hydrogens (tertiary/aromatic N) is 1. The van der Waals surface area contributed by atoms with Gasteiger partial charge in [0.15, 0.2) is 0 Å².